The Morgan fingerprint density at radius 3 is 2.21 bits per heavy atom. The van der Waals surface area contributed by atoms with Crippen LogP contribution in [0.25, 0.3) is 0 Å². The largest absolute Gasteiger partial charge is 0.374 e. The zero-order valence-corrected chi connectivity index (χ0v) is 8.91. The lowest BCUT2D eigenvalue weighted by molar-refractivity contribution is 0.0192. The van der Waals surface area contributed by atoms with Crippen molar-refractivity contribution in [2.24, 2.45) is 5.90 Å². The van der Waals surface area contributed by atoms with Crippen LogP contribution in [0.5, 0.6) is 0 Å². The summed E-state index contributed by atoms with van der Waals surface area (Å²) in [6.07, 6.45) is 0. The molecule has 0 radical (unpaired) electrons. The molecule has 0 saturated heterocycles. The van der Waals surface area contributed by atoms with Crippen LogP contribution in [0.2, 0.25) is 0 Å². The average Bonchev–Trinajstić information content (AvgIpc) is 2.19. The molecule has 14 heavy (non-hydrogen) atoms. The summed E-state index contributed by atoms with van der Waals surface area (Å²) in [5, 5.41) is 0. The first kappa shape index (κ1) is 11.2. The lowest BCUT2D eigenvalue weighted by Gasteiger charge is -2.23. The van der Waals surface area contributed by atoms with Gasteiger partial charge in [0.25, 0.3) is 0 Å². The van der Waals surface area contributed by atoms with Gasteiger partial charge in [-0.05, 0) is 25.0 Å². The van der Waals surface area contributed by atoms with Gasteiger partial charge in [-0.15, -0.1) is 0 Å². The van der Waals surface area contributed by atoms with E-state index in [4.69, 9.17) is 10.6 Å². The minimum absolute atomic E-state index is 0.248. The molecular weight excluding hydrogens is 178 g/mol. The first-order chi connectivity index (χ1) is 6.60. The SMILES string of the molecule is COC(C)(C)c1ccc(CON)cc1. The van der Waals surface area contributed by atoms with Crippen molar-refractivity contribution in [2.75, 3.05) is 7.11 Å². The summed E-state index contributed by atoms with van der Waals surface area (Å²) in [4.78, 5) is 4.55. The van der Waals surface area contributed by atoms with Gasteiger partial charge in [-0.1, -0.05) is 24.3 Å². The molecule has 0 aliphatic rings. The number of nitrogens with two attached hydrogens (primary N) is 1. The van der Waals surface area contributed by atoms with E-state index in [9.17, 15) is 0 Å². The zero-order valence-electron chi connectivity index (χ0n) is 8.91. The highest BCUT2D eigenvalue weighted by molar-refractivity contribution is 5.26. The van der Waals surface area contributed by atoms with Gasteiger partial charge in [0.15, 0.2) is 0 Å². The van der Waals surface area contributed by atoms with Gasteiger partial charge in [-0.3, -0.25) is 4.84 Å². The van der Waals surface area contributed by atoms with E-state index in [2.05, 4.69) is 4.84 Å². The Hall–Kier alpha value is -0.900. The highest BCUT2D eigenvalue weighted by Gasteiger charge is 2.18. The second-order valence-corrected chi connectivity index (χ2v) is 3.72. The average molecular weight is 195 g/mol. The van der Waals surface area contributed by atoms with Crippen molar-refractivity contribution in [1.29, 1.82) is 0 Å². The molecule has 0 aromatic heterocycles. The molecule has 1 rings (SSSR count). The van der Waals surface area contributed by atoms with E-state index in [0.29, 0.717) is 6.61 Å². The molecule has 0 heterocycles. The Labute approximate surface area is 84.8 Å². The minimum atomic E-state index is -0.248. The molecule has 1 aromatic rings. The number of ether oxygens (including phenoxy) is 1. The van der Waals surface area contributed by atoms with Gasteiger partial charge in [0, 0.05) is 7.11 Å². The zero-order chi connectivity index (χ0) is 10.6. The first-order valence-corrected chi connectivity index (χ1v) is 4.56. The molecule has 3 nitrogen and oxygen atoms in total. The number of rotatable bonds is 4. The summed E-state index contributed by atoms with van der Waals surface area (Å²) in [6.45, 7) is 4.50. The minimum Gasteiger partial charge on any atom is -0.374 e. The summed E-state index contributed by atoms with van der Waals surface area (Å²) in [7, 11) is 1.71. The molecule has 0 fully saturated rings. The molecule has 0 unspecified atom stereocenters. The van der Waals surface area contributed by atoms with Gasteiger partial charge in [0.1, 0.15) is 0 Å². The highest BCUT2D eigenvalue weighted by atomic mass is 16.6. The predicted octanol–water partition coefficient (Wildman–Crippen LogP) is 1.96. The van der Waals surface area contributed by atoms with Crippen LogP contribution in [-0.2, 0) is 21.8 Å². The maximum Gasteiger partial charge on any atom is 0.0930 e. The van der Waals surface area contributed by atoms with E-state index in [1.165, 1.54) is 0 Å². The van der Waals surface area contributed by atoms with Crippen LogP contribution in [-0.4, -0.2) is 7.11 Å². The first-order valence-electron chi connectivity index (χ1n) is 4.56. The van der Waals surface area contributed by atoms with Crippen molar-refractivity contribution in [3.63, 3.8) is 0 Å². The lowest BCUT2D eigenvalue weighted by Crippen LogP contribution is -2.19. The topological polar surface area (TPSA) is 44.5 Å². The Morgan fingerprint density at radius 2 is 1.79 bits per heavy atom. The number of methoxy groups -OCH3 is 1. The van der Waals surface area contributed by atoms with Crippen LogP contribution >= 0.6 is 0 Å². The van der Waals surface area contributed by atoms with Gasteiger partial charge in [-0.25, -0.2) is 5.90 Å². The predicted molar refractivity (Wildman–Crippen MR) is 55.5 cm³/mol. The number of hydrogen-bond acceptors (Lipinski definition) is 3. The Kier molecular flexibility index (Phi) is 3.63. The van der Waals surface area contributed by atoms with E-state index in [0.717, 1.165) is 11.1 Å². The van der Waals surface area contributed by atoms with Gasteiger partial charge in [-0.2, -0.15) is 0 Å². The Balaban J connectivity index is 2.82. The molecule has 0 bridgehead atoms. The van der Waals surface area contributed by atoms with Crippen LogP contribution in [0.15, 0.2) is 24.3 Å². The third kappa shape index (κ3) is 2.54. The summed E-state index contributed by atoms with van der Waals surface area (Å²) in [5.74, 6) is 4.99. The maximum atomic E-state index is 5.37. The number of benzene rings is 1. The third-order valence-electron chi connectivity index (χ3n) is 2.41. The summed E-state index contributed by atoms with van der Waals surface area (Å²) < 4.78 is 5.37. The van der Waals surface area contributed by atoms with Crippen molar-refractivity contribution in [2.45, 2.75) is 26.1 Å². The van der Waals surface area contributed by atoms with Gasteiger partial charge in [0.05, 0.1) is 12.2 Å². The Bertz CT molecular complexity index is 280. The molecule has 0 spiro atoms. The second kappa shape index (κ2) is 4.55. The smallest absolute Gasteiger partial charge is 0.0930 e. The second-order valence-electron chi connectivity index (χ2n) is 3.72. The number of hydrogen-bond donors (Lipinski definition) is 1. The monoisotopic (exact) mass is 195 g/mol. The van der Waals surface area contributed by atoms with Gasteiger partial charge >= 0.3 is 0 Å². The molecule has 78 valence electrons. The van der Waals surface area contributed by atoms with Gasteiger partial charge in [0.2, 0.25) is 0 Å². The summed E-state index contributed by atoms with van der Waals surface area (Å²) in [6, 6.07) is 8.03. The molecule has 0 atom stereocenters. The van der Waals surface area contributed by atoms with Crippen molar-refractivity contribution in [1.82, 2.24) is 0 Å². The molecule has 0 aliphatic heterocycles. The van der Waals surface area contributed by atoms with Crippen LogP contribution < -0.4 is 5.90 Å². The van der Waals surface area contributed by atoms with E-state index in [-0.39, 0.29) is 5.60 Å². The van der Waals surface area contributed by atoms with E-state index >= 15 is 0 Å². The van der Waals surface area contributed by atoms with E-state index < -0.39 is 0 Å². The molecule has 0 amide bonds. The molecule has 3 heteroatoms. The van der Waals surface area contributed by atoms with E-state index in [1.54, 1.807) is 7.11 Å². The quantitative estimate of drug-likeness (QED) is 0.747. The van der Waals surface area contributed by atoms with Crippen molar-refractivity contribution in [3.05, 3.63) is 35.4 Å². The van der Waals surface area contributed by atoms with Crippen molar-refractivity contribution < 1.29 is 9.57 Å². The molecule has 1 aromatic carbocycles. The lowest BCUT2D eigenvalue weighted by atomic mass is 9.97. The molecule has 0 aliphatic carbocycles. The van der Waals surface area contributed by atoms with E-state index in [1.807, 2.05) is 38.1 Å². The molecule has 2 N–H and O–H groups in total. The summed E-state index contributed by atoms with van der Waals surface area (Å²) in [5.41, 5.74) is 1.95. The third-order valence-corrected chi connectivity index (χ3v) is 2.41. The van der Waals surface area contributed by atoms with Crippen molar-refractivity contribution in [3.8, 4) is 0 Å². The molecular formula is C11H17NO2. The van der Waals surface area contributed by atoms with Crippen LogP contribution in [0.1, 0.15) is 25.0 Å². The fourth-order valence-corrected chi connectivity index (χ4v) is 1.22. The summed E-state index contributed by atoms with van der Waals surface area (Å²) >= 11 is 0. The fourth-order valence-electron chi connectivity index (χ4n) is 1.22. The van der Waals surface area contributed by atoms with Crippen molar-refractivity contribution >= 4 is 0 Å². The standard InChI is InChI=1S/C11H17NO2/c1-11(2,13-3)10-6-4-9(5-7-10)8-14-12/h4-7H,8,12H2,1-3H3. The van der Waals surface area contributed by atoms with Crippen LogP contribution in [0.3, 0.4) is 0 Å². The van der Waals surface area contributed by atoms with Crippen LogP contribution in [0.4, 0.5) is 0 Å². The Morgan fingerprint density at radius 1 is 1.21 bits per heavy atom. The van der Waals surface area contributed by atoms with Crippen LogP contribution in [0, 0.1) is 0 Å². The highest BCUT2D eigenvalue weighted by Crippen LogP contribution is 2.23. The maximum absolute atomic E-state index is 5.37. The van der Waals surface area contributed by atoms with Gasteiger partial charge < -0.3 is 4.74 Å². The fraction of sp³-hybridized carbons (Fsp3) is 0.455. The molecule has 0 saturated carbocycles. The normalized spacial score (nSPS) is 11.7.